The van der Waals surface area contributed by atoms with Crippen molar-refractivity contribution in [2.24, 2.45) is 11.8 Å². The lowest BCUT2D eigenvalue weighted by Gasteiger charge is -2.38. The highest BCUT2D eigenvalue weighted by molar-refractivity contribution is 9.09. The molecule has 3 aliphatic heterocycles. The van der Waals surface area contributed by atoms with Crippen LogP contribution in [0.25, 0.3) is 0 Å². The molecule has 2 N–H and O–H groups in total. The van der Waals surface area contributed by atoms with Crippen molar-refractivity contribution in [1.29, 1.82) is 0 Å². The van der Waals surface area contributed by atoms with E-state index in [1.165, 1.54) is 4.90 Å². The lowest BCUT2D eigenvalue weighted by atomic mass is 9.70. The molecule has 3 rings (SSSR count). The maximum atomic E-state index is 13.7. The van der Waals surface area contributed by atoms with Gasteiger partial charge in [0.05, 0.1) is 30.6 Å². The Morgan fingerprint density at radius 1 is 1.52 bits per heavy atom. The van der Waals surface area contributed by atoms with Crippen LogP contribution in [0.15, 0.2) is 12.7 Å². The van der Waals surface area contributed by atoms with E-state index in [-0.39, 0.29) is 17.3 Å². The summed E-state index contributed by atoms with van der Waals surface area (Å²) < 4.78 is 6.19. The zero-order valence-corrected chi connectivity index (χ0v) is 18.4. The fourth-order valence-corrected chi connectivity index (χ4v) is 6.10. The predicted molar refractivity (Wildman–Crippen MR) is 108 cm³/mol. The van der Waals surface area contributed by atoms with Crippen LogP contribution < -0.4 is 0 Å². The van der Waals surface area contributed by atoms with Crippen LogP contribution in [0.3, 0.4) is 0 Å². The Hall–Kier alpha value is -1.45. The number of aliphatic carboxylic acids is 1. The first-order valence-electron chi connectivity index (χ1n) is 10.1. The molecule has 3 fully saturated rings. The van der Waals surface area contributed by atoms with Crippen molar-refractivity contribution in [3.05, 3.63) is 12.7 Å². The number of hydrogen-bond donors (Lipinski definition) is 2. The van der Waals surface area contributed by atoms with Gasteiger partial charge < -0.3 is 24.7 Å². The van der Waals surface area contributed by atoms with Gasteiger partial charge in [0.15, 0.2) is 0 Å². The normalized spacial score (nSPS) is 36.2. The summed E-state index contributed by atoms with van der Waals surface area (Å²) in [5, 5.41) is 19.6. The summed E-state index contributed by atoms with van der Waals surface area (Å²) in [6.45, 7) is 7.93. The first-order chi connectivity index (χ1) is 13.7. The monoisotopic (exact) mass is 472 g/mol. The lowest BCUT2D eigenvalue weighted by Crippen LogP contribution is -2.58. The standard InChI is InChI=1S/C20H29BrN2O6/c1-4-6-8-22(7-5-2)18(26)16-20-9-12(21)15(29-20)13(19(27)28)14(20)17(25)23(16)11(3)10-24/h5,11-16,24H,2,4,6-10H2,1,3H3,(H,27,28)/t11-,12?,13+,14+,15+,16?,20?/m1/s1. The molecule has 3 heterocycles. The number of unbranched alkanes of at least 4 members (excludes halogenated alkanes) is 1. The number of fused-ring (bicyclic) bond motifs is 1. The molecule has 7 atom stereocenters. The third kappa shape index (κ3) is 3.31. The third-order valence-corrected chi connectivity index (χ3v) is 7.27. The summed E-state index contributed by atoms with van der Waals surface area (Å²) in [5.74, 6) is -3.75. The predicted octanol–water partition coefficient (Wildman–Crippen LogP) is 1.01. The van der Waals surface area contributed by atoms with Crippen LogP contribution in [0.4, 0.5) is 0 Å². The Morgan fingerprint density at radius 3 is 2.76 bits per heavy atom. The van der Waals surface area contributed by atoms with Gasteiger partial charge in [-0.05, 0) is 19.8 Å². The number of rotatable bonds is 9. The molecule has 3 aliphatic rings. The van der Waals surface area contributed by atoms with E-state index in [1.54, 1.807) is 17.9 Å². The quantitative estimate of drug-likeness (QED) is 0.383. The molecule has 0 aliphatic carbocycles. The van der Waals surface area contributed by atoms with Crippen LogP contribution in [-0.2, 0) is 19.1 Å². The molecule has 3 unspecified atom stereocenters. The number of carbonyl (C=O) groups excluding carboxylic acids is 2. The second-order valence-corrected chi connectivity index (χ2v) is 9.38. The number of carboxylic acid groups (broad SMARTS) is 1. The van der Waals surface area contributed by atoms with E-state index in [2.05, 4.69) is 22.5 Å². The molecule has 3 saturated heterocycles. The largest absolute Gasteiger partial charge is 0.481 e. The van der Waals surface area contributed by atoms with Crippen LogP contribution in [-0.4, -0.2) is 86.1 Å². The smallest absolute Gasteiger partial charge is 0.310 e. The average Bonchev–Trinajstić information content (AvgIpc) is 3.27. The van der Waals surface area contributed by atoms with Gasteiger partial charge in [-0.2, -0.15) is 0 Å². The van der Waals surface area contributed by atoms with Gasteiger partial charge in [0, 0.05) is 17.9 Å². The number of aliphatic hydroxyl groups is 1. The minimum absolute atomic E-state index is 0.254. The highest BCUT2D eigenvalue weighted by Crippen LogP contribution is 2.60. The van der Waals surface area contributed by atoms with Crippen LogP contribution in [0, 0.1) is 11.8 Å². The average molecular weight is 473 g/mol. The Kier molecular flexibility index (Phi) is 6.41. The molecule has 1 spiro atoms. The number of nitrogens with zero attached hydrogens (tertiary/aromatic N) is 2. The lowest BCUT2D eigenvalue weighted by molar-refractivity contribution is -0.152. The zero-order valence-electron chi connectivity index (χ0n) is 16.8. The Bertz CT molecular complexity index is 702. The van der Waals surface area contributed by atoms with Crippen molar-refractivity contribution in [3.63, 3.8) is 0 Å². The van der Waals surface area contributed by atoms with E-state index in [1.807, 2.05) is 6.92 Å². The molecule has 2 amide bonds. The summed E-state index contributed by atoms with van der Waals surface area (Å²) in [6, 6.07) is -1.59. The molecule has 2 bridgehead atoms. The molecule has 8 nitrogen and oxygen atoms in total. The number of carbonyl (C=O) groups is 3. The highest BCUT2D eigenvalue weighted by atomic mass is 79.9. The second kappa shape index (κ2) is 8.35. The van der Waals surface area contributed by atoms with Gasteiger partial charge in [-0.1, -0.05) is 35.4 Å². The van der Waals surface area contributed by atoms with E-state index in [0.29, 0.717) is 19.5 Å². The number of halogens is 1. The fraction of sp³-hybridized carbons (Fsp3) is 0.750. The zero-order chi connectivity index (χ0) is 21.5. The fourth-order valence-electron chi connectivity index (χ4n) is 5.16. The van der Waals surface area contributed by atoms with E-state index in [4.69, 9.17) is 4.74 Å². The number of likely N-dealkylation sites (tertiary alicyclic amines) is 1. The summed E-state index contributed by atoms with van der Waals surface area (Å²) in [7, 11) is 0. The van der Waals surface area contributed by atoms with Crippen LogP contribution >= 0.6 is 15.9 Å². The van der Waals surface area contributed by atoms with Crippen molar-refractivity contribution in [1.82, 2.24) is 9.80 Å². The number of hydrogen-bond acceptors (Lipinski definition) is 5. The van der Waals surface area contributed by atoms with Gasteiger partial charge in [0.1, 0.15) is 11.6 Å². The van der Waals surface area contributed by atoms with Crippen molar-refractivity contribution < 1.29 is 29.3 Å². The van der Waals surface area contributed by atoms with Gasteiger partial charge in [-0.15, -0.1) is 6.58 Å². The number of carboxylic acids is 1. The topological polar surface area (TPSA) is 107 Å². The molecule has 0 radical (unpaired) electrons. The van der Waals surface area contributed by atoms with Crippen molar-refractivity contribution in [2.45, 2.75) is 61.7 Å². The number of ether oxygens (including phenoxy) is 1. The van der Waals surface area contributed by atoms with Gasteiger partial charge in [0.2, 0.25) is 11.8 Å². The summed E-state index contributed by atoms with van der Waals surface area (Å²) >= 11 is 3.51. The summed E-state index contributed by atoms with van der Waals surface area (Å²) in [5.41, 5.74) is -1.20. The van der Waals surface area contributed by atoms with Gasteiger partial charge in [-0.3, -0.25) is 14.4 Å². The number of alkyl halides is 1. The molecule has 162 valence electrons. The Morgan fingerprint density at radius 2 is 2.21 bits per heavy atom. The third-order valence-electron chi connectivity index (χ3n) is 6.43. The SMILES string of the molecule is C=CCN(CCCC)C(=O)C1N([C@H](C)CO)C(=O)[C@@H]2[C@H](C(=O)O)[C@H]3OC12CC3Br. The van der Waals surface area contributed by atoms with Crippen molar-refractivity contribution in [3.8, 4) is 0 Å². The molecule has 0 aromatic heterocycles. The maximum Gasteiger partial charge on any atom is 0.310 e. The van der Waals surface area contributed by atoms with E-state index >= 15 is 0 Å². The van der Waals surface area contributed by atoms with Crippen LogP contribution in [0.2, 0.25) is 0 Å². The van der Waals surface area contributed by atoms with Gasteiger partial charge >= 0.3 is 5.97 Å². The number of amides is 2. The van der Waals surface area contributed by atoms with Gasteiger partial charge in [0.25, 0.3) is 0 Å². The van der Waals surface area contributed by atoms with E-state index in [0.717, 1.165) is 12.8 Å². The van der Waals surface area contributed by atoms with Crippen LogP contribution in [0.5, 0.6) is 0 Å². The first-order valence-corrected chi connectivity index (χ1v) is 11.0. The highest BCUT2D eigenvalue weighted by Gasteiger charge is 2.77. The Labute approximate surface area is 179 Å². The van der Waals surface area contributed by atoms with Crippen LogP contribution in [0.1, 0.15) is 33.1 Å². The molecular weight excluding hydrogens is 444 g/mol. The van der Waals surface area contributed by atoms with Crippen molar-refractivity contribution >= 4 is 33.7 Å². The molecule has 0 aromatic rings. The molecular formula is C20H29BrN2O6. The molecule has 0 aromatic carbocycles. The van der Waals surface area contributed by atoms with Gasteiger partial charge in [-0.25, -0.2) is 0 Å². The second-order valence-electron chi connectivity index (χ2n) is 8.21. The Balaban J connectivity index is 2.06. The number of aliphatic hydroxyl groups excluding tert-OH is 1. The molecule has 0 saturated carbocycles. The molecule has 29 heavy (non-hydrogen) atoms. The molecule has 9 heteroatoms. The van der Waals surface area contributed by atoms with E-state index < -0.39 is 47.5 Å². The first kappa shape index (κ1) is 22.2. The minimum atomic E-state index is -1.20. The van der Waals surface area contributed by atoms with Crippen molar-refractivity contribution in [2.75, 3.05) is 19.7 Å². The summed E-state index contributed by atoms with van der Waals surface area (Å²) in [6.07, 6.45) is 3.05. The maximum absolute atomic E-state index is 13.7. The minimum Gasteiger partial charge on any atom is -0.481 e. The summed E-state index contributed by atoms with van der Waals surface area (Å²) in [4.78, 5) is 41.8. The van der Waals surface area contributed by atoms with E-state index in [9.17, 15) is 24.6 Å².